The van der Waals surface area contributed by atoms with Gasteiger partial charge in [0.25, 0.3) is 0 Å². The fourth-order valence-corrected chi connectivity index (χ4v) is 1.69. The van der Waals surface area contributed by atoms with Gasteiger partial charge in [-0.05, 0) is 17.5 Å². The number of ether oxygens (including phenoxy) is 1. The lowest BCUT2D eigenvalue weighted by molar-refractivity contribution is -0.143. The molecule has 1 aromatic rings. The van der Waals surface area contributed by atoms with Gasteiger partial charge in [-0.2, -0.15) is 0 Å². The molecule has 3 N–H and O–H groups in total. The zero-order chi connectivity index (χ0) is 13.9. The zero-order valence-electron chi connectivity index (χ0n) is 11.7. The Bertz CT molecular complexity index is 380. The Balaban J connectivity index is 2.14. The molecule has 4 nitrogen and oxygen atoms in total. The van der Waals surface area contributed by atoms with E-state index in [4.69, 9.17) is 10.5 Å². The van der Waals surface area contributed by atoms with Crippen LogP contribution < -0.4 is 11.1 Å². The van der Waals surface area contributed by atoms with Gasteiger partial charge in [0.2, 0.25) is 0 Å². The molecule has 0 aromatic heterocycles. The molecular formula is C15H24N2O2. The topological polar surface area (TPSA) is 64.3 Å². The Labute approximate surface area is 115 Å². The normalized spacial score (nSPS) is 10.4. The summed E-state index contributed by atoms with van der Waals surface area (Å²) in [5, 5.41) is 3.23. The maximum Gasteiger partial charge on any atom is 0.307 e. The van der Waals surface area contributed by atoms with Crippen LogP contribution in [0.25, 0.3) is 0 Å². The number of carbonyl (C=O) groups excluding carboxylic acids is 1. The van der Waals surface area contributed by atoms with Gasteiger partial charge in [-0.25, -0.2) is 0 Å². The predicted octanol–water partition coefficient (Wildman–Crippen LogP) is 1.97. The van der Waals surface area contributed by atoms with Crippen molar-refractivity contribution in [3.8, 4) is 0 Å². The molecule has 0 amide bonds. The van der Waals surface area contributed by atoms with Crippen molar-refractivity contribution >= 4 is 5.97 Å². The average molecular weight is 264 g/mol. The molecule has 0 bridgehead atoms. The summed E-state index contributed by atoms with van der Waals surface area (Å²) in [5.41, 5.74) is 7.90. The lowest BCUT2D eigenvalue weighted by Gasteiger charge is -2.07. The predicted molar refractivity (Wildman–Crippen MR) is 76.5 cm³/mol. The molecule has 0 fully saturated rings. The van der Waals surface area contributed by atoms with Crippen molar-refractivity contribution in [3.63, 3.8) is 0 Å². The van der Waals surface area contributed by atoms with Crippen LogP contribution in [-0.2, 0) is 22.6 Å². The van der Waals surface area contributed by atoms with Gasteiger partial charge in [0.15, 0.2) is 0 Å². The SMILES string of the molecule is CCCCOC(=O)CCNCc1cccc(CN)c1. The van der Waals surface area contributed by atoms with E-state index in [9.17, 15) is 4.79 Å². The average Bonchev–Trinajstić information content (AvgIpc) is 2.44. The summed E-state index contributed by atoms with van der Waals surface area (Å²) in [6.45, 7) is 4.55. The molecule has 1 rings (SSSR count). The smallest absolute Gasteiger partial charge is 0.307 e. The number of carbonyl (C=O) groups is 1. The van der Waals surface area contributed by atoms with Crippen LogP contribution in [0.3, 0.4) is 0 Å². The molecule has 0 spiro atoms. The molecule has 0 aliphatic heterocycles. The molecule has 0 saturated carbocycles. The van der Waals surface area contributed by atoms with E-state index in [0.717, 1.165) is 24.9 Å². The minimum atomic E-state index is -0.128. The first-order valence-electron chi connectivity index (χ1n) is 6.90. The van der Waals surface area contributed by atoms with Crippen LogP contribution in [0, 0.1) is 0 Å². The first-order valence-corrected chi connectivity index (χ1v) is 6.90. The van der Waals surface area contributed by atoms with Crippen molar-refractivity contribution in [1.82, 2.24) is 5.32 Å². The van der Waals surface area contributed by atoms with Crippen molar-refractivity contribution in [2.45, 2.75) is 39.3 Å². The summed E-state index contributed by atoms with van der Waals surface area (Å²) in [4.78, 5) is 11.4. The maximum atomic E-state index is 11.4. The van der Waals surface area contributed by atoms with Crippen LogP contribution in [0.2, 0.25) is 0 Å². The van der Waals surface area contributed by atoms with Gasteiger partial charge in [0.1, 0.15) is 0 Å². The van der Waals surface area contributed by atoms with Crippen LogP contribution in [0.4, 0.5) is 0 Å². The number of nitrogens with one attached hydrogen (secondary N) is 1. The number of nitrogens with two attached hydrogens (primary N) is 1. The molecule has 1 aromatic carbocycles. The Morgan fingerprint density at radius 1 is 1.37 bits per heavy atom. The fraction of sp³-hybridized carbons (Fsp3) is 0.533. The quantitative estimate of drug-likeness (QED) is 0.528. The molecule has 0 radical (unpaired) electrons. The van der Waals surface area contributed by atoms with Gasteiger partial charge in [-0.3, -0.25) is 4.79 Å². The highest BCUT2D eigenvalue weighted by molar-refractivity contribution is 5.69. The first-order chi connectivity index (χ1) is 9.26. The standard InChI is InChI=1S/C15H24N2O2/c1-2-3-9-19-15(18)7-8-17-12-14-6-4-5-13(10-14)11-16/h4-6,10,17H,2-3,7-9,11-12,16H2,1H3. The third kappa shape index (κ3) is 6.94. The van der Waals surface area contributed by atoms with E-state index < -0.39 is 0 Å². The molecule has 0 aliphatic carbocycles. The number of hydrogen-bond acceptors (Lipinski definition) is 4. The van der Waals surface area contributed by atoms with E-state index in [0.29, 0.717) is 26.1 Å². The van der Waals surface area contributed by atoms with Gasteiger partial charge >= 0.3 is 5.97 Å². The van der Waals surface area contributed by atoms with Crippen molar-refractivity contribution in [1.29, 1.82) is 0 Å². The Kier molecular flexibility index (Phi) is 7.86. The number of hydrogen-bond donors (Lipinski definition) is 2. The maximum absolute atomic E-state index is 11.4. The van der Waals surface area contributed by atoms with Crippen LogP contribution in [-0.4, -0.2) is 19.1 Å². The summed E-state index contributed by atoms with van der Waals surface area (Å²) in [5.74, 6) is -0.128. The minimum Gasteiger partial charge on any atom is -0.466 e. The van der Waals surface area contributed by atoms with Crippen LogP contribution >= 0.6 is 0 Å². The molecule has 0 atom stereocenters. The molecule has 0 unspecified atom stereocenters. The van der Waals surface area contributed by atoms with Crippen LogP contribution in [0.15, 0.2) is 24.3 Å². The summed E-state index contributed by atoms with van der Waals surface area (Å²) < 4.78 is 5.08. The summed E-state index contributed by atoms with van der Waals surface area (Å²) >= 11 is 0. The minimum absolute atomic E-state index is 0.128. The van der Waals surface area contributed by atoms with Crippen molar-refractivity contribution in [2.24, 2.45) is 5.73 Å². The van der Waals surface area contributed by atoms with E-state index >= 15 is 0 Å². The van der Waals surface area contributed by atoms with Crippen LogP contribution in [0.1, 0.15) is 37.3 Å². The van der Waals surface area contributed by atoms with Crippen LogP contribution in [0.5, 0.6) is 0 Å². The summed E-state index contributed by atoms with van der Waals surface area (Å²) in [7, 11) is 0. The molecular weight excluding hydrogens is 240 g/mol. The molecule has 106 valence electrons. The Hall–Kier alpha value is -1.39. The third-order valence-corrected chi connectivity index (χ3v) is 2.82. The highest BCUT2D eigenvalue weighted by Crippen LogP contribution is 2.04. The summed E-state index contributed by atoms with van der Waals surface area (Å²) in [6.07, 6.45) is 2.40. The van der Waals surface area contributed by atoms with Gasteiger partial charge in [-0.15, -0.1) is 0 Å². The van der Waals surface area contributed by atoms with Gasteiger partial charge in [-0.1, -0.05) is 37.6 Å². The number of rotatable bonds is 9. The second-order valence-electron chi connectivity index (χ2n) is 4.52. The second-order valence-corrected chi connectivity index (χ2v) is 4.52. The van der Waals surface area contributed by atoms with E-state index in [1.54, 1.807) is 0 Å². The number of benzene rings is 1. The largest absolute Gasteiger partial charge is 0.466 e. The second kappa shape index (κ2) is 9.53. The Morgan fingerprint density at radius 2 is 2.16 bits per heavy atom. The highest BCUT2D eigenvalue weighted by Gasteiger charge is 2.01. The molecule has 4 heteroatoms. The highest BCUT2D eigenvalue weighted by atomic mass is 16.5. The molecule has 0 saturated heterocycles. The van der Waals surface area contributed by atoms with E-state index in [2.05, 4.69) is 18.3 Å². The first kappa shape index (κ1) is 15.7. The van der Waals surface area contributed by atoms with E-state index in [1.807, 2.05) is 18.2 Å². The van der Waals surface area contributed by atoms with Gasteiger partial charge in [0.05, 0.1) is 13.0 Å². The number of unbranched alkanes of at least 4 members (excludes halogenated alkanes) is 1. The number of esters is 1. The third-order valence-electron chi connectivity index (χ3n) is 2.82. The lowest BCUT2D eigenvalue weighted by Crippen LogP contribution is -2.19. The Morgan fingerprint density at radius 3 is 2.89 bits per heavy atom. The van der Waals surface area contributed by atoms with E-state index in [1.165, 1.54) is 5.56 Å². The monoisotopic (exact) mass is 264 g/mol. The van der Waals surface area contributed by atoms with Crippen molar-refractivity contribution in [2.75, 3.05) is 13.2 Å². The van der Waals surface area contributed by atoms with Gasteiger partial charge in [0, 0.05) is 19.6 Å². The van der Waals surface area contributed by atoms with Crippen molar-refractivity contribution < 1.29 is 9.53 Å². The molecule has 0 heterocycles. The van der Waals surface area contributed by atoms with E-state index in [-0.39, 0.29) is 5.97 Å². The van der Waals surface area contributed by atoms with Crippen molar-refractivity contribution in [3.05, 3.63) is 35.4 Å². The van der Waals surface area contributed by atoms with Gasteiger partial charge < -0.3 is 15.8 Å². The lowest BCUT2D eigenvalue weighted by atomic mass is 10.1. The fourth-order valence-electron chi connectivity index (χ4n) is 1.69. The zero-order valence-corrected chi connectivity index (χ0v) is 11.7. The molecule has 0 aliphatic rings. The molecule has 19 heavy (non-hydrogen) atoms. The summed E-state index contributed by atoms with van der Waals surface area (Å²) in [6, 6.07) is 8.13.